The third-order valence-corrected chi connectivity index (χ3v) is 2.18. The maximum absolute atomic E-state index is 12.1. The molecular formula is C10H7Cl3F3NO2. The molecule has 0 aliphatic heterocycles. The van der Waals surface area contributed by atoms with Gasteiger partial charge in [0.15, 0.2) is 0 Å². The number of carbonyl (C=O) groups is 1. The highest BCUT2D eigenvalue weighted by Crippen LogP contribution is 2.34. The summed E-state index contributed by atoms with van der Waals surface area (Å²) in [6, 6.07) is 2.04. The molecule has 0 unspecified atom stereocenters. The molecule has 3 nitrogen and oxygen atoms in total. The number of halogens is 6. The van der Waals surface area contributed by atoms with E-state index in [2.05, 4.69) is 4.74 Å². The van der Waals surface area contributed by atoms with Crippen molar-refractivity contribution >= 4 is 52.6 Å². The number of nitrogens with two attached hydrogens (primary N) is 1. The standard InChI is InChI=1S/C10H6Cl2F3NO2.ClH/c11-6-4-7(16)5(1-2-9(12)17)3-8(6)18-10(13,14)15;/h1-4H,16H2;1H. The molecule has 1 aromatic rings. The molecule has 0 saturated heterocycles. The van der Waals surface area contributed by atoms with Crippen molar-refractivity contribution in [1.29, 1.82) is 0 Å². The minimum Gasteiger partial charge on any atom is -0.404 e. The van der Waals surface area contributed by atoms with Crippen LogP contribution in [0.3, 0.4) is 0 Å². The number of rotatable bonds is 3. The van der Waals surface area contributed by atoms with Crippen molar-refractivity contribution in [3.8, 4) is 5.75 Å². The van der Waals surface area contributed by atoms with Crippen molar-refractivity contribution in [2.45, 2.75) is 6.36 Å². The molecule has 0 amide bonds. The van der Waals surface area contributed by atoms with Crippen LogP contribution in [0, 0.1) is 0 Å². The Hall–Kier alpha value is -1.11. The minimum absolute atomic E-state index is 0. The molecule has 1 aromatic carbocycles. The van der Waals surface area contributed by atoms with E-state index in [1.165, 1.54) is 0 Å². The summed E-state index contributed by atoms with van der Waals surface area (Å²) in [7, 11) is 0. The molecular weight excluding hydrogens is 329 g/mol. The zero-order valence-electron chi connectivity index (χ0n) is 9.00. The van der Waals surface area contributed by atoms with Gasteiger partial charge in [0.1, 0.15) is 5.75 Å². The Morgan fingerprint density at radius 1 is 1.37 bits per heavy atom. The SMILES string of the molecule is Cl.Nc1cc(Cl)c(OC(F)(F)F)cc1C=CC(=O)Cl. The van der Waals surface area contributed by atoms with E-state index in [-0.39, 0.29) is 28.7 Å². The van der Waals surface area contributed by atoms with Crippen molar-refractivity contribution in [3.63, 3.8) is 0 Å². The molecule has 0 bridgehead atoms. The zero-order chi connectivity index (χ0) is 13.9. The topological polar surface area (TPSA) is 52.3 Å². The van der Waals surface area contributed by atoms with Crippen LogP contribution in [-0.4, -0.2) is 11.6 Å². The number of alkyl halides is 3. The van der Waals surface area contributed by atoms with E-state index in [0.29, 0.717) is 0 Å². The summed E-state index contributed by atoms with van der Waals surface area (Å²) in [4.78, 5) is 10.5. The number of hydrogen-bond donors (Lipinski definition) is 1. The smallest absolute Gasteiger partial charge is 0.404 e. The lowest BCUT2D eigenvalue weighted by Crippen LogP contribution is -2.17. The molecule has 0 spiro atoms. The van der Waals surface area contributed by atoms with Gasteiger partial charge in [0.25, 0.3) is 0 Å². The van der Waals surface area contributed by atoms with Crippen LogP contribution >= 0.6 is 35.6 Å². The van der Waals surface area contributed by atoms with Crippen LogP contribution < -0.4 is 10.5 Å². The maximum Gasteiger partial charge on any atom is 0.573 e. The van der Waals surface area contributed by atoms with Crippen LogP contribution in [0.1, 0.15) is 5.56 Å². The normalized spacial score (nSPS) is 11.2. The van der Waals surface area contributed by atoms with Gasteiger partial charge in [-0.2, -0.15) is 0 Å². The van der Waals surface area contributed by atoms with Crippen molar-refractivity contribution in [1.82, 2.24) is 0 Å². The predicted octanol–water partition coefficient (Wildman–Crippen LogP) is 4.02. The van der Waals surface area contributed by atoms with Gasteiger partial charge in [-0.05, 0) is 35.9 Å². The monoisotopic (exact) mass is 335 g/mol. The van der Waals surface area contributed by atoms with E-state index in [1.54, 1.807) is 0 Å². The molecule has 0 radical (unpaired) electrons. The summed E-state index contributed by atoms with van der Waals surface area (Å²) in [5, 5.41) is -1.08. The van der Waals surface area contributed by atoms with Gasteiger partial charge in [0.2, 0.25) is 5.24 Å². The average molecular weight is 337 g/mol. The predicted molar refractivity (Wildman–Crippen MR) is 69.7 cm³/mol. The van der Waals surface area contributed by atoms with E-state index >= 15 is 0 Å². The van der Waals surface area contributed by atoms with Crippen LogP contribution in [0.15, 0.2) is 18.2 Å². The fourth-order valence-corrected chi connectivity index (χ4v) is 1.36. The molecule has 0 fully saturated rings. The second kappa shape index (κ2) is 6.88. The summed E-state index contributed by atoms with van der Waals surface area (Å²) in [6.07, 6.45) is -2.77. The molecule has 0 aliphatic rings. The average Bonchev–Trinajstić information content (AvgIpc) is 2.18. The van der Waals surface area contributed by atoms with E-state index in [1.807, 2.05) is 0 Å². The molecule has 1 rings (SSSR count). The summed E-state index contributed by atoms with van der Waals surface area (Å²) in [5.41, 5.74) is 5.73. The van der Waals surface area contributed by atoms with Crippen LogP contribution in [0.2, 0.25) is 5.02 Å². The first-order chi connectivity index (χ1) is 8.19. The van der Waals surface area contributed by atoms with E-state index in [0.717, 1.165) is 24.3 Å². The lowest BCUT2D eigenvalue weighted by atomic mass is 10.1. The second-order valence-corrected chi connectivity index (χ2v) is 3.88. The van der Waals surface area contributed by atoms with Gasteiger partial charge in [0, 0.05) is 11.3 Å². The van der Waals surface area contributed by atoms with Crippen molar-refractivity contribution in [2.75, 3.05) is 5.73 Å². The highest BCUT2D eigenvalue weighted by atomic mass is 35.5. The minimum atomic E-state index is -4.87. The number of ether oxygens (including phenoxy) is 1. The van der Waals surface area contributed by atoms with Crippen molar-refractivity contribution < 1.29 is 22.7 Å². The van der Waals surface area contributed by atoms with Crippen LogP contribution in [-0.2, 0) is 4.79 Å². The second-order valence-electron chi connectivity index (χ2n) is 3.10. The Morgan fingerprint density at radius 2 is 1.95 bits per heavy atom. The largest absolute Gasteiger partial charge is 0.573 e. The van der Waals surface area contributed by atoms with Crippen LogP contribution in [0.25, 0.3) is 6.08 Å². The van der Waals surface area contributed by atoms with E-state index in [4.69, 9.17) is 28.9 Å². The first-order valence-corrected chi connectivity index (χ1v) is 5.17. The van der Waals surface area contributed by atoms with E-state index in [9.17, 15) is 18.0 Å². The fourth-order valence-electron chi connectivity index (χ4n) is 1.09. The van der Waals surface area contributed by atoms with Crippen molar-refractivity contribution in [2.24, 2.45) is 0 Å². The number of nitrogen functional groups attached to an aromatic ring is 1. The summed E-state index contributed by atoms with van der Waals surface area (Å²) in [6.45, 7) is 0. The van der Waals surface area contributed by atoms with Gasteiger partial charge >= 0.3 is 6.36 Å². The molecule has 0 atom stereocenters. The molecule has 2 N–H and O–H groups in total. The Balaban J connectivity index is 0.00000324. The summed E-state index contributed by atoms with van der Waals surface area (Å²) < 4.78 is 39.9. The molecule has 0 aromatic heterocycles. The van der Waals surface area contributed by atoms with E-state index < -0.39 is 17.4 Å². The van der Waals surface area contributed by atoms with Gasteiger partial charge in [-0.25, -0.2) is 0 Å². The quantitative estimate of drug-likeness (QED) is 0.515. The molecule has 19 heavy (non-hydrogen) atoms. The highest BCUT2D eigenvalue weighted by molar-refractivity contribution is 6.66. The molecule has 0 heterocycles. The Bertz CT molecular complexity index is 504. The lowest BCUT2D eigenvalue weighted by molar-refractivity contribution is -0.274. The first kappa shape index (κ1) is 17.9. The molecule has 0 aliphatic carbocycles. The molecule has 106 valence electrons. The number of benzene rings is 1. The van der Waals surface area contributed by atoms with Gasteiger partial charge < -0.3 is 10.5 Å². The van der Waals surface area contributed by atoms with Gasteiger partial charge in [-0.3, -0.25) is 4.79 Å². The van der Waals surface area contributed by atoms with Crippen LogP contribution in [0.4, 0.5) is 18.9 Å². The lowest BCUT2D eigenvalue weighted by Gasteiger charge is -2.12. The molecule has 9 heteroatoms. The fraction of sp³-hybridized carbons (Fsp3) is 0.100. The summed E-state index contributed by atoms with van der Waals surface area (Å²) in [5.74, 6) is -0.611. The number of anilines is 1. The van der Waals surface area contributed by atoms with Gasteiger partial charge in [-0.15, -0.1) is 25.6 Å². The van der Waals surface area contributed by atoms with Crippen LogP contribution in [0.5, 0.6) is 5.75 Å². The third kappa shape index (κ3) is 6.04. The number of carbonyl (C=O) groups excluding carboxylic acids is 1. The highest BCUT2D eigenvalue weighted by Gasteiger charge is 2.32. The Morgan fingerprint density at radius 3 is 2.42 bits per heavy atom. The van der Waals surface area contributed by atoms with Crippen molar-refractivity contribution in [3.05, 3.63) is 28.8 Å². The summed E-state index contributed by atoms with van der Waals surface area (Å²) >= 11 is 10.6. The molecule has 0 saturated carbocycles. The van der Waals surface area contributed by atoms with Gasteiger partial charge in [-0.1, -0.05) is 11.6 Å². The number of hydrogen-bond acceptors (Lipinski definition) is 3. The first-order valence-electron chi connectivity index (χ1n) is 4.41. The third-order valence-electron chi connectivity index (χ3n) is 1.76. The number of allylic oxidation sites excluding steroid dienone is 1. The maximum atomic E-state index is 12.1. The van der Waals surface area contributed by atoms with Gasteiger partial charge in [0.05, 0.1) is 5.02 Å². The Kier molecular flexibility index (Phi) is 6.48. The Labute approximate surface area is 122 Å². The zero-order valence-corrected chi connectivity index (χ0v) is 11.3.